The largest absolute Gasteiger partial charge is 0.505 e. The van der Waals surface area contributed by atoms with Gasteiger partial charge in [-0.2, -0.15) is 0 Å². The highest BCUT2D eigenvalue weighted by molar-refractivity contribution is 6.28. The number of hydrogen-bond acceptors (Lipinski definition) is 3. The molecule has 1 heterocycles. The van der Waals surface area contributed by atoms with Crippen molar-refractivity contribution in [1.29, 1.82) is 1.43 Å². The van der Waals surface area contributed by atoms with Crippen LogP contribution in [0.3, 0.4) is 0 Å². The van der Waals surface area contributed by atoms with Gasteiger partial charge in [-0.15, -0.1) is 0 Å². The molecular formula is C4H3ClN2O. The van der Waals surface area contributed by atoms with Crippen LogP contribution in [0.15, 0.2) is 12.4 Å². The fourth-order valence-corrected chi connectivity index (χ4v) is 0.398. The zero-order valence-corrected chi connectivity index (χ0v) is 4.59. The fourth-order valence-electron chi connectivity index (χ4n) is 0.300. The summed E-state index contributed by atoms with van der Waals surface area (Å²) in [5.41, 5.74) is 0. The molecule has 0 saturated heterocycles. The van der Waals surface area contributed by atoms with Crippen molar-refractivity contribution in [2.45, 2.75) is 0 Å². The Morgan fingerprint density at radius 3 is 2.75 bits per heavy atom. The number of hydrogen-bond donors (Lipinski definition) is 1. The Morgan fingerprint density at radius 2 is 2.25 bits per heavy atom. The van der Waals surface area contributed by atoms with Crippen molar-refractivity contribution < 1.29 is 5.11 Å². The minimum Gasteiger partial charge on any atom is -0.505 e. The Balaban J connectivity index is 2.88. The van der Waals surface area contributed by atoms with Crippen LogP contribution in [0.2, 0.25) is 5.28 Å². The molecule has 1 aromatic rings. The van der Waals surface area contributed by atoms with Crippen LogP contribution in [0.25, 0.3) is 0 Å². The third-order valence-electron chi connectivity index (χ3n) is 0.597. The van der Waals surface area contributed by atoms with E-state index in [2.05, 4.69) is 15.1 Å². The van der Waals surface area contributed by atoms with Gasteiger partial charge in [0.15, 0.2) is 5.75 Å². The maximum absolute atomic E-state index is 6.39. The van der Waals surface area contributed by atoms with E-state index in [1.807, 2.05) is 0 Å². The molecule has 4 heteroatoms. The summed E-state index contributed by atoms with van der Waals surface area (Å²) in [5, 5.41) is 4.18. The zero-order chi connectivity index (χ0) is 6.69. The normalized spacial score (nSPS) is 10.4. The molecule has 0 spiro atoms. The summed E-state index contributed by atoms with van der Waals surface area (Å²) in [6.07, 6.45) is 2.64. The first-order valence-corrected chi connectivity index (χ1v) is 2.31. The predicted octanol–water partition coefficient (Wildman–Crippen LogP) is 0.836. The lowest BCUT2D eigenvalue weighted by molar-refractivity contribution is 0.469. The number of aromatic nitrogens is 2. The lowest BCUT2D eigenvalue weighted by Gasteiger charge is -1.85. The monoisotopic (exact) mass is 131 g/mol. The summed E-state index contributed by atoms with van der Waals surface area (Å²) in [5.74, 6) is 0.277. The number of aromatic hydroxyl groups is 1. The van der Waals surface area contributed by atoms with Gasteiger partial charge in [-0.25, -0.2) is 9.97 Å². The maximum atomic E-state index is 6.39. The third kappa shape index (κ3) is 1.07. The van der Waals surface area contributed by atoms with Crippen molar-refractivity contribution in [3.8, 4) is 5.75 Å². The van der Waals surface area contributed by atoms with Gasteiger partial charge in [-0.1, -0.05) is 0 Å². The number of halogens is 1. The van der Waals surface area contributed by atoms with E-state index in [1.54, 1.807) is 0 Å². The van der Waals surface area contributed by atoms with Crippen molar-refractivity contribution in [2.24, 2.45) is 0 Å². The Morgan fingerprint density at radius 1 is 1.62 bits per heavy atom. The van der Waals surface area contributed by atoms with Crippen molar-refractivity contribution in [3.05, 3.63) is 17.7 Å². The minimum absolute atomic E-state index is 0.149. The second kappa shape index (κ2) is 1.96. The molecule has 1 N–H and O–H groups in total. The third-order valence-corrected chi connectivity index (χ3v) is 0.792. The average Bonchev–Trinajstić information content (AvgIpc) is 1.90. The standard InChI is InChI=1S/C4H3ClN2O/c5-4-6-1-3(8)2-7-4/h1-2,8H/i/hD. The summed E-state index contributed by atoms with van der Waals surface area (Å²) < 4.78 is 6.39. The second-order valence-corrected chi connectivity index (χ2v) is 1.53. The molecule has 0 radical (unpaired) electrons. The Bertz CT molecular complexity index is 190. The molecule has 0 aliphatic rings. The quantitative estimate of drug-likeness (QED) is 0.575. The van der Waals surface area contributed by atoms with Crippen LogP contribution in [-0.2, 0) is 0 Å². The van der Waals surface area contributed by atoms with Gasteiger partial charge in [0.05, 0.1) is 12.4 Å². The van der Waals surface area contributed by atoms with Crippen LogP contribution in [-0.4, -0.2) is 16.5 Å². The molecule has 0 atom stereocenters. The molecule has 3 nitrogen and oxygen atoms in total. The first-order chi connectivity index (χ1) is 4.33. The van der Waals surface area contributed by atoms with E-state index in [1.165, 1.54) is 12.4 Å². The van der Waals surface area contributed by atoms with Crippen molar-refractivity contribution in [2.75, 3.05) is 0 Å². The van der Waals surface area contributed by atoms with Gasteiger partial charge in [0, 0.05) is 0 Å². The van der Waals surface area contributed by atoms with Crippen LogP contribution >= 0.6 is 11.6 Å². The molecule has 1 rings (SSSR count). The average molecular weight is 132 g/mol. The van der Waals surface area contributed by atoms with Crippen LogP contribution in [0, 0.1) is 0 Å². The molecule has 0 unspecified atom stereocenters. The van der Waals surface area contributed by atoms with Crippen molar-refractivity contribution in [1.82, 2.24) is 9.97 Å². The Labute approximate surface area is 52.5 Å². The summed E-state index contributed by atoms with van der Waals surface area (Å²) in [6, 6.07) is 0. The highest BCUT2D eigenvalue weighted by atomic mass is 35.5. The van der Waals surface area contributed by atoms with Crippen molar-refractivity contribution in [3.63, 3.8) is 0 Å². The van der Waals surface area contributed by atoms with E-state index in [-0.39, 0.29) is 11.0 Å². The molecule has 0 fully saturated rings. The topological polar surface area (TPSA) is 46.0 Å². The van der Waals surface area contributed by atoms with Crippen LogP contribution in [0.4, 0.5) is 0 Å². The molecular weight excluding hydrogens is 128 g/mol. The van der Waals surface area contributed by atoms with Crippen LogP contribution in [0.5, 0.6) is 5.75 Å². The highest BCUT2D eigenvalue weighted by Crippen LogP contribution is 2.04. The van der Waals surface area contributed by atoms with Gasteiger partial charge in [-0.3, -0.25) is 0 Å². The fraction of sp³-hybridized carbons (Fsp3) is 0. The van der Waals surface area contributed by atoms with E-state index in [0.29, 0.717) is 0 Å². The van der Waals surface area contributed by atoms with Gasteiger partial charge in [0.25, 0.3) is 1.43 Å². The van der Waals surface area contributed by atoms with Gasteiger partial charge >= 0.3 is 0 Å². The van der Waals surface area contributed by atoms with E-state index < -0.39 is 0 Å². The number of rotatable bonds is 1. The molecule has 0 bridgehead atoms. The van der Waals surface area contributed by atoms with Crippen molar-refractivity contribution >= 4 is 11.6 Å². The summed E-state index contributed by atoms with van der Waals surface area (Å²) in [4.78, 5) is 7.12. The van der Waals surface area contributed by atoms with Gasteiger partial charge in [0.1, 0.15) is 0 Å². The minimum atomic E-state index is 0.149. The SMILES string of the molecule is [2H]Oc1cnc(Cl)nc1. The molecule has 8 heavy (non-hydrogen) atoms. The number of nitrogens with zero attached hydrogens (tertiary/aromatic N) is 2. The summed E-state index contributed by atoms with van der Waals surface area (Å²) in [6.45, 7) is 0. The van der Waals surface area contributed by atoms with E-state index in [4.69, 9.17) is 13.0 Å². The molecule has 1 aromatic heterocycles. The molecule has 42 valence electrons. The lowest BCUT2D eigenvalue weighted by atomic mass is 10.6. The van der Waals surface area contributed by atoms with Gasteiger partial charge in [-0.05, 0) is 11.6 Å². The highest BCUT2D eigenvalue weighted by Gasteiger charge is 1.87. The molecule has 0 aliphatic carbocycles. The van der Waals surface area contributed by atoms with Crippen LogP contribution in [0.1, 0.15) is 0 Å². The van der Waals surface area contributed by atoms with Crippen LogP contribution < -0.4 is 0 Å². The van der Waals surface area contributed by atoms with Gasteiger partial charge < -0.3 is 5.11 Å². The maximum Gasteiger partial charge on any atom is 0.293 e. The first kappa shape index (κ1) is 4.09. The summed E-state index contributed by atoms with van der Waals surface area (Å²) in [7, 11) is 0. The molecule has 0 amide bonds. The molecule has 0 aromatic carbocycles. The van der Waals surface area contributed by atoms with E-state index in [9.17, 15) is 0 Å². The van der Waals surface area contributed by atoms with E-state index >= 15 is 0 Å². The smallest absolute Gasteiger partial charge is 0.293 e. The Kier molecular flexibility index (Phi) is 1.00. The first-order valence-electron chi connectivity index (χ1n) is 2.34. The van der Waals surface area contributed by atoms with E-state index in [0.717, 1.165) is 0 Å². The lowest BCUT2D eigenvalue weighted by Crippen LogP contribution is -1.76. The zero-order valence-electron chi connectivity index (χ0n) is 4.84. The summed E-state index contributed by atoms with van der Waals surface area (Å²) >= 11 is 5.33. The predicted molar refractivity (Wildman–Crippen MR) is 28.7 cm³/mol. The van der Waals surface area contributed by atoms with Gasteiger partial charge in [0.2, 0.25) is 5.28 Å². The molecule has 0 saturated carbocycles. The molecule has 0 aliphatic heterocycles. The Hall–Kier alpha value is -0.830. The second-order valence-electron chi connectivity index (χ2n) is 1.19.